The van der Waals surface area contributed by atoms with Crippen LogP contribution in [0.3, 0.4) is 0 Å². The number of alkyl halides is 6. The maximum Gasteiger partial charge on any atom is 0.433 e. The molecule has 2 aromatic rings. The number of piperidine rings is 1. The second-order valence-corrected chi connectivity index (χ2v) is 9.56. The van der Waals surface area contributed by atoms with Gasteiger partial charge in [0.05, 0.1) is 17.4 Å². The summed E-state index contributed by atoms with van der Waals surface area (Å²) < 4.78 is 76.1. The number of hydrogen-bond acceptors (Lipinski definition) is 6. The first-order valence-corrected chi connectivity index (χ1v) is 12.6. The van der Waals surface area contributed by atoms with Gasteiger partial charge in [-0.2, -0.15) is 26.3 Å². The Morgan fingerprint density at radius 3 is 2.13 bits per heavy atom. The van der Waals surface area contributed by atoms with E-state index in [1.54, 1.807) is 0 Å². The van der Waals surface area contributed by atoms with E-state index in [2.05, 4.69) is 20.2 Å². The van der Waals surface area contributed by atoms with Gasteiger partial charge < -0.3 is 15.1 Å². The molecule has 13 heteroatoms. The predicted molar refractivity (Wildman–Crippen MR) is 130 cm³/mol. The summed E-state index contributed by atoms with van der Waals surface area (Å²) in [5.41, 5.74) is -1.03. The molecule has 0 spiro atoms. The van der Waals surface area contributed by atoms with Crippen molar-refractivity contribution in [1.82, 2.24) is 19.8 Å². The van der Waals surface area contributed by atoms with E-state index in [0.717, 1.165) is 38.0 Å². The molecule has 0 aromatic carbocycles. The second-order valence-electron chi connectivity index (χ2n) is 9.56. The third-order valence-electron chi connectivity index (χ3n) is 6.93. The Hall–Kier alpha value is -3.09. The molecule has 0 aliphatic carbocycles. The number of anilines is 2. The van der Waals surface area contributed by atoms with Crippen LogP contribution in [0.4, 0.5) is 37.8 Å². The summed E-state index contributed by atoms with van der Waals surface area (Å²) in [6.07, 6.45) is -4.27. The lowest BCUT2D eigenvalue weighted by Crippen LogP contribution is -2.47. The Morgan fingerprint density at radius 2 is 1.58 bits per heavy atom. The Morgan fingerprint density at radius 1 is 0.868 bits per heavy atom. The molecule has 4 heterocycles. The van der Waals surface area contributed by atoms with Crippen LogP contribution in [0, 0.1) is 0 Å². The average molecular weight is 545 g/mol. The zero-order chi connectivity index (χ0) is 27.3. The number of piperazine rings is 1. The molecule has 2 aliphatic heterocycles. The molecule has 2 aromatic heterocycles. The molecule has 1 N–H and O–H groups in total. The molecule has 0 unspecified atom stereocenters. The normalized spacial score (nSPS) is 18.1. The fraction of sp³-hybridized carbons (Fsp3) is 0.560. The average Bonchev–Trinajstić information content (AvgIpc) is 2.89. The summed E-state index contributed by atoms with van der Waals surface area (Å²) in [7, 11) is 0. The lowest BCUT2D eigenvalue weighted by atomic mass is 10.0. The number of rotatable bonds is 7. The number of nitrogens with zero attached hydrogens (tertiary/aromatic N) is 5. The Bertz CT molecular complexity index is 1040. The molecule has 38 heavy (non-hydrogen) atoms. The van der Waals surface area contributed by atoms with E-state index < -0.39 is 23.6 Å². The van der Waals surface area contributed by atoms with Crippen molar-refractivity contribution >= 4 is 17.4 Å². The van der Waals surface area contributed by atoms with E-state index in [-0.39, 0.29) is 11.9 Å². The highest BCUT2D eigenvalue weighted by atomic mass is 19.4. The largest absolute Gasteiger partial charge is 0.433 e. The van der Waals surface area contributed by atoms with E-state index in [0.29, 0.717) is 63.4 Å². The minimum atomic E-state index is -4.45. The highest BCUT2D eigenvalue weighted by Gasteiger charge is 2.33. The fourth-order valence-electron chi connectivity index (χ4n) is 4.71. The molecule has 2 saturated heterocycles. The van der Waals surface area contributed by atoms with E-state index >= 15 is 0 Å². The standard InChI is InChI=1S/C25H30F6N6O/c26-24(27,28)18-3-6-22(33-16-18)34-19-7-10-37(11-8-19)23(38)2-1-9-35-12-14-36(15-13-35)20-4-5-21(32-17-20)25(29,30)31/h3-6,16-17,19H,1-2,7-15H2,(H,33,34). The molecule has 0 atom stereocenters. The first-order chi connectivity index (χ1) is 18.0. The molecule has 0 radical (unpaired) electrons. The molecule has 2 aliphatic rings. The molecule has 0 saturated carbocycles. The quantitative estimate of drug-likeness (QED) is 0.518. The molecular weight excluding hydrogens is 514 g/mol. The monoisotopic (exact) mass is 544 g/mol. The maximum atomic E-state index is 12.7. The van der Waals surface area contributed by atoms with Crippen LogP contribution in [-0.2, 0) is 17.1 Å². The van der Waals surface area contributed by atoms with Crippen LogP contribution in [0.25, 0.3) is 0 Å². The third-order valence-corrected chi connectivity index (χ3v) is 6.93. The van der Waals surface area contributed by atoms with Crippen molar-refractivity contribution in [2.75, 3.05) is 56.0 Å². The van der Waals surface area contributed by atoms with E-state index in [4.69, 9.17) is 0 Å². The number of nitrogens with one attached hydrogen (secondary N) is 1. The van der Waals surface area contributed by atoms with Crippen LogP contribution in [0.5, 0.6) is 0 Å². The molecule has 4 rings (SSSR count). The SMILES string of the molecule is O=C(CCCN1CCN(c2ccc(C(F)(F)F)nc2)CC1)N1CCC(Nc2ccc(C(F)(F)F)cn2)CC1. The van der Waals surface area contributed by atoms with Gasteiger partial charge in [0.2, 0.25) is 5.91 Å². The summed E-state index contributed by atoms with van der Waals surface area (Å²) in [6, 6.07) is 4.81. The Balaban J connectivity index is 1.12. The zero-order valence-corrected chi connectivity index (χ0v) is 20.7. The van der Waals surface area contributed by atoms with Gasteiger partial charge in [0.1, 0.15) is 11.5 Å². The number of carbonyl (C=O) groups is 1. The van der Waals surface area contributed by atoms with Crippen LogP contribution in [-0.4, -0.2) is 77.5 Å². The minimum Gasteiger partial charge on any atom is -0.368 e. The predicted octanol–water partition coefficient (Wildman–Crippen LogP) is 4.52. The smallest absolute Gasteiger partial charge is 0.368 e. The van der Waals surface area contributed by atoms with Crippen molar-refractivity contribution in [3.63, 3.8) is 0 Å². The van der Waals surface area contributed by atoms with Gasteiger partial charge in [-0.05, 0) is 50.1 Å². The highest BCUT2D eigenvalue weighted by Crippen LogP contribution is 2.30. The molecule has 2 fully saturated rings. The molecule has 7 nitrogen and oxygen atoms in total. The number of hydrogen-bond donors (Lipinski definition) is 1. The van der Waals surface area contributed by atoms with Crippen molar-refractivity contribution in [3.8, 4) is 0 Å². The van der Waals surface area contributed by atoms with Gasteiger partial charge in [-0.3, -0.25) is 9.69 Å². The van der Waals surface area contributed by atoms with Gasteiger partial charge in [-0.1, -0.05) is 0 Å². The van der Waals surface area contributed by atoms with Crippen LogP contribution >= 0.6 is 0 Å². The van der Waals surface area contributed by atoms with Crippen molar-refractivity contribution in [1.29, 1.82) is 0 Å². The number of pyridine rings is 2. The van der Waals surface area contributed by atoms with Gasteiger partial charge in [0, 0.05) is 57.9 Å². The first kappa shape index (κ1) is 27.9. The summed E-state index contributed by atoms with van der Waals surface area (Å²) in [5.74, 6) is 0.475. The van der Waals surface area contributed by atoms with E-state index in [9.17, 15) is 31.1 Å². The minimum absolute atomic E-state index is 0.0412. The van der Waals surface area contributed by atoms with Crippen LogP contribution < -0.4 is 10.2 Å². The Kier molecular flexibility index (Phi) is 8.64. The lowest BCUT2D eigenvalue weighted by molar-refractivity contribution is -0.141. The molecule has 208 valence electrons. The van der Waals surface area contributed by atoms with Gasteiger partial charge in [-0.25, -0.2) is 9.97 Å². The summed E-state index contributed by atoms with van der Waals surface area (Å²) in [6.45, 7) is 4.79. The molecular formula is C25H30F6N6O. The second kappa shape index (κ2) is 11.7. The number of carbonyl (C=O) groups excluding carboxylic acids is 1. The van der Waals surface area contributed by atoms with Gasteiger partial charge >= 0.3 is 12.4 Å². The topological polar surface area (TPSA) is 64.6 Å². The summed E-state index contributed by atoms with van der Waals surface area (Å²) in [4.78, 5) is 26.1. The van der Waals surface area contributed by atoms with Gasteiger partial charge in [-0.15, -0.1) is 0 Å². The van der Waals surface area contributed by atoms with Crippen LogP contribution in [0.1, 0.15) is 36.9 Å². The van der Waals surface area contributed by atoms with Crippen LogP contribution in [0.2, 0.25) is 0 Å². The first-order valence-electron chi connectivity index (χ1n) is 12.6. The molecule has 0 bridgehead atoms. The van der Waals surface area contributed by atoms with Gasteiger partial charge in [0.25, 0.3) is 0 Å². The Labute approximate surface area is 216 Å². The third kappa shape index (κ3) is 7.49. The lowest BCUT2D eigenvalue weighted by Gasteiger charge is -2.36. The number of amides is 1. The van der Waals surface area contributed by atoms with Crippen molar-refractivity contribution in [2.45, 2.75) is 44.1 Å². The summed E-state index contributed by atoms with van der Waals surface area (Å²) >= 11 is 0. The number of likely N-dealkylation sites (tertiary alicyclic amines) is 1. The summed E-state index contributed by atoms with van der Waals surface area (Å²) in [5, 5.41) is 3.15. The fourth-order valence-corrected chi connectivity index (χ4v) is 4.71. The van der Waals surface area contributed by atoms with Crippen molar-refractivity contribution in [2.24, 2.45) is 0 Å². The van der Waals surface area contributed by atoms with Gasteiger partial charge in [0.15, 0.2) is 0 Å². The number of aromatic nitrogens is 2. The highest BCUT2D eigenvalue weighted by molar-refractivity contribution is 5.76. The molecule has 1 amide bonds. The van der Waals surface area contributed by atoms with Crippen molar-refractivity contribution in [3.05, 3.63) is 47.9 Å². The van der Waals surface area contributed by atoms with Crippen LogP contribution in [0.15, 0.2) is 36.7 Å². The van der Waals surface area contributed by atoms with Crippen molar-refractivity contribution < 1.29 is 31.1 Å². The maximum absolute atomic E-state index is 12.7. The number of halogens is 6. The van der Waals surface area contributed by atoms with E-state index in [1.807, 2.05) is 9.80 Å². The zero-order valence-electron chi connectivity index (χ0n) is 20.7. The van der Waals surface area contributed by atoms with E-state index in [1.165, 1.54) is 18.3 Å².